The van der Waals surface area contributed by atoms with Gasteiger partial charge in [0.05, 0.1) is 24.9 Å². The van der Waals surface area contributed by atoms with Gasteiger partial charge in [0.2, 0.25) is 5.91 Å². The number of hydrogen-bond acceptors (Lipinski definition) is 9. The van der Waals surface area contributed by atoms with E-state index in [1.165, 1.54) is 53.1 Å². The summed E-state index contributed by atoms with van der Waals surface area (Å²) in [7, 11) is 2.15. The molecule has 3 aliphatic heterocycles. The van der Waals surface area contributed by atoms with Gasteiger partial charge in [0.15, 0.2) is 0 Å². The van der Waals surface area contributed by atoms with Crippen LogP contribution in [0.1, 0.15) is 36.6 Å². The zero-order valence-electron chi connectivity index (χ0n) is 26.1. The Kier molecular flexibility index (Phi) is 10.3. The Bertz CT molecular complexity index is 1520. The Labute approximate surface area is 260 Å². The van der Waals surface area contributed by atoms with Crippen molar-refractivity contribution in [3.05, 3.63) is 65.4 Å². The molecule has 1 amide bonds. The van der Waals surface area contributed by atoms with E-state index in [-0.39, 0.29) is 12.5 Å². The molecule has 0 radical (unpaired) electrons. The van der Waals surface area contributed by atoms with Gasteiger partial charge in [-0.3, -0.25) is 4.79 Å². The molecule has 2 saturated heterocycles. The van der Waals surface area contributed by atoms with Crippen molar-refractivity contribution < 1.29 is 14.6 Å². The second-order valence-corrected chi connectivity index (χ2v) is 11.6. The summed E-state index contributed by atoms with van der Waals surface area (Å²) in [6.07, 6.45) is 6.11. The van der Waals surface area contributed by atoms with Crippen LogP contribution in [-0.2, 0) is 17.8 Å². The van der Waals surface area contributed by atoms with E-state index in [1.807, 2.05) is 4.90 Å². The second kappa shape index (κ2) is 14.5. The number of hydrogen-bond donors (Lipinski definition) is 1. The molecule has 44 heavy (non-hydrogen) atoms. The van der Waals surface area contributed by atoms with Crippen LogP contribution in [0.2, 0.25) is 0 Å². The maximum Gasteiger partial charge on any atom is 0.318 e. The Morgan fingerprint density at radius 1 is 1.09 bits per heavy atom. The van der Waals surface area contributed by atoms with Gasteiger partial charge in [-0.15, -0.1) is 0 Å². The molecule has 1 unspecified atom stereocenters. The average molecular weight is 598 g/mol. The lowest BCUT2D eigenvalue weighted by molar-refractivity contribution is -0.126. The lowest BCUT2D eigenvalue weighted by atomic mass is 9.99. The Morgan fingerprint density at radius 2 is 1.84 bits per heavy atom. The third-order valence-corrected chi connectivity index (χ3v) is 8.79. The van der Waals surface area contributed by atoms with Crippen molar-refractivity contribution in [3.8, 4) is 12.1 Å². The molecule has 0 aliphatic carbocycles. The van der Waals surface area contributed by atoms with Crippen molar-refractivity contribution in [1.82, 2.24) is 19.8 Å². The highest BCUT2D eigenvalue weighted by atomic mass is 16.5. The first kappa shape index (κ1) is 31.2. The summed E-state index contributed by atoms with van der Waals surface area (Å²) in [6, 6.07) is 15.6. The number of aromatic nitrogens is 2. The zero-order chi connectivity index (χ0) is 31.1. The van der Waals surface area contributed by atoms with Crippen LogP contribution in [0.5, 0.6) is 6.01 Å². The van der Waals surface area contributed by atoms with Gasteiger partial charge in [-0.1, -0.05) is 36.4 Å². The quantitative estimate of drug-likeness (QED) is 0.408. The molecular weight excluding hydrogens is 554 g/mol. The minimum atomic E-state index is -0.131. The van der Waals surface area contributed by atoms with E-state index in [2.05, 4.69) is 65.1 Å². The third-order valence-electron chi connectivity index (χ3n) is 8.79. The molecule has 3 aliphatic rings. The molecule has 4 heterocycles. The smallest absolute Gasteiger partial charge is 0.318 e. The largest absolute Gasteiger partial charge is 0.462 e. The van der Waals surface area contributed by atoms with Gasteiger partial charge in [-0.2, -0.15) is 15.2 Å². The number of aryl methyl sites for hydroxylation is 1. The van der Waals surface area contributed by atoms with Crippen LogP contribution >= 0.6 is 0 Å². The number of rotatable bonds is 7. The average Bonchev–Trinajstić information content (AvgIpc) is 3.46. The molecule has 3 aromatic rings. The minimum absolute atomic E-state index is 0.0610. The summed E-state index contributed by atoms with van der Waals surface area (Å²) in [4.78, 5) is 31.3. The van der Waals surface area contributed by atoms with Crippen LogP contribution < -0.4 is 14.5 Å². The van der Waals surface area contributed by atoms with E-state index < -0.39 is 0 Å². The standard InChI is InChI=1S/C32H40N6O3.C2H3N/c1-23-7-3-8-24-9-4-11-28(30(23)24)38-15-13-26-27(21-38)33-32(41-22-25-10-5-14-35(25)2)34-31(26)37-18-16-36(17-19-37)29(40)12-6-20-39;1-2-3/h3-4,6-9,11-12,25,39H,5,10,13-22H2,1-2H3;1H3/b12-6+;. The summed E-state index contributed by atoms with van der Waals surface area (Å²) in [5.41, 5.74) is 4.72. The first-order valence-corrected chi connectivity index (χ1v) is 15.5. The van der Waals surface area contributed by atoms with Crippen LogP contribution in [0, 0.1) is 18.3 Å². The number of aliphatic hydroxyl groups is 1. The van der Waals surface area contributed by atoms with Crippen LogP contribution in [0.25, 0.3) is 10.8 Å². The number of fused-ring (bicyclic) bond motifs is 2. The number of benzene rings is 2. The van der Waals surface area contributed by atoms with Gasteiger partial charge in [-0.25, -0.2) is 0 Å². The topological polar surface area (TPSA) is 109 Å². The molecule has 1 N–H and O–H groups in total. The van der Waals surface area contributed by atoms with Gasteiger partial charge in [0, 0.05) is 68.4 Å². The van der Waals surface area contributed by atoms with Crippen molar-refractivity contribution in [2.45, 2.75) is 45.7 Å². The number of aliphatic hydroxyl groups excluding tert-OH is 1. The molecule has 0 bridgehead atoms. The zero-order valence-corrected chi connectivity index (χ0v) is 26.1. The van der Waals surface area contributed by atoms with Crippen molar-refractivity contribution in [2.24, 2.45) is 0 Å². The van der Waals surface area contributed by atoms with Crippen molar-refractivity contribution in [2.75, 3.05) is 69.3 Å². The van der Waals surface area contributed by atoms with Crippen LogP contribution in [0.3, 0.4) is 0 Å². The third kappa shape index (κ3) is 6.95. The predicted octanol–water partition coefficient (Wildman–Crippen LogP) is 3.70. The summed E-state index contributed by atoms with van der Waals surface area (Å²) in [5, 5.41) is 18.9. The van der Waals surface area contributed by atoms with Crippen molar-refractivity contribution in [3.63, 3.8) is 0 Å². The van der Waals surface area contributed by atoms with Gasteiger partial charge in [0.25, 0.3) is 0 Å². The van der Waals surface area contributed by atoms with Gasteiger partial charge in [-0.05, 0) is 56.8 Å². The molecule has 0 spiro atoms. The number of ether oxygens (including phenoxy) is 1. The number of amides is 1. The summed E-state index contributed by atoms with van der Waals surface area (Å²) >= 11 is 0. The molecule has 2 aromatic carbocycles. The molecule has 1 atom stereocenters. The monoisotopic (exact) mass is 597 g/mol. The van der Waals surface area contributed by atoms with Crippen LogP contribution in [-0.4, -0.2) is 96.4 Å². The van der Waals surface area contributed by atoms with Gasteiger partial charge < -0.3 is 29.4 Å². The highest BCUT2D eigenvalue weighted by molar-refractivity contribution is 5.97. The number of carbonyl (C=O) groups excluding carboxylic acids is 1. The first-order chi connectivity index (χ1) is 21.4. The van der Waals surface area contributed by atoms with Crippen molar-refractivity contribution >= 4 is 28.2 Å². The predicted molar refractivity (Wildman–Crippen MR) is 173 cm³/mol. The van der Waals surface area contributed by atoms with E-state index >= 15 is 0 Å². The Balaban J connectivity index is 0.00000123. The highest BCUT2D eigenvalue weighted by Crippen LogP contribution is 2.35. The fraction of sp³-hybridized carbons (Fsp3) is 0.471. The summed E-state index contributed by atoms with van der Waals surface area (Å²) < 4.78 is 6.29. The number of likely N-dealkylation sites (N-methyl/N-ethyl adjacent to an activating group) is 1. The maximum atomic E-state index is 12.5. The second-order valence-electron chi connectivity index (χ2n) is 11.6. The van der Waals surface area contributed by atoms with E-state index in [4.69, 9.17) is 25.1 Å². The summed E-state index contributed by atoms with van der Waals surface area (Å²) in [6.45, 7) is 9.35. The lowest BCUT2D eigenvalue weighted by Gasteiger charge is -2.38. The van der Waals surface area contributed by atoms with E-state index in [0.717, 1.165) is 37.4 Å². The van der Waals surface area contributed by atoms with Crippen molar-refractivity contribution in [1.29, 1.82) is 5.26 Å². The van der Waals surface area contributed by atoms with E-state index in [1.54, 1.807) is 6.07 Å². The Hall–Kier alpha value is -4.20. The number of carbonyl (C=O) groups is 1. The molecule has 6 rings (SSSR count). The number of anilines is 2. The lowest BCUT2D eigenvalue weighted by Crippen LogP contribution is -2.49. The maximum absolute atomic E-state index is 12.5. The molecule has 10 heteroatoms. The van der Waals surface area contributed by atoms with Crippen LogP contribution in [0.15, 0.2) is 48.6 Å². The number of piperazine rings is 1. The normalized spacial score (nSPS) is 18.6. The molecule has 1 aromatic heterocycles. The highest BCUT2D eigenvalue weighted by Gasteiger charge is 2.30. The van der Waals surface area contributed by atoms with Crippen LogP contribution in [0.4, 0.5) is 11.5 Å². The summed E-state index contributed by atoms with van der Waals surface area (Å²) in [5.74, 6) is 0.880. The fourth-order valence-electron chi connectivity index (χ4n) is 6.45. The first-order valence-electron chi connectivity index (χ1n) is 15.5. The van der Waals surface area contributed by atoms with Gasteiger partial charge >= 0.3 is 6.01 Å². The number of likely N-dealkylation sites (tertiary alicyclic amines) is 1. The molecule has 2 fully saturated rings. The van der Waals surface area contributed by atoms with Gasteiger partial charge in [0.1, 0.15) is 12.4 Å². The number of nitrogens with zero attached hydrogens (tertiary/aromatic N) is 7. The molecule has 0 saturated carbocycles. The fourth-order valence-corrected chi connectivity index (χ4v) is 6.45. The Morgan fingerprint density at radius 3 is 2.55 bits per heavy atom. The molecule has 232 valence electrons. The van der Waals surface area contributed by atoms with E-state index in [0.29, 0.717) is 51.4 Å². The minimum Gasteiger partial charge on any atom is -0.462 e. The molecular formula is C34H43N7O3. The molecule has 10 nitrogen and oxygen atoms in total. The van der Waals surface area contributed by atoms with E-state index in [9.17, 15) is 4.79 Å². The number of nitriles is 1. The SMILES string of the molecule is CC#N.Cc1cccc2cccc(N3CCc4c(nc(OCC5CCCN5C)nc4N4CCN(C(=O)/C=C/CO)CC4)C3)c12.